The van der Waals surface area contributed by atoms with E-state index in [0.717, 1.165) is 52.0 Å². The molecule has 0 atom stereocenters. The first-order valence-corrected chi connectivity index (χ1v) is 8.27. The lowest BCUT2D eigenvalue weighted by Crippen LogP contribution is -1.99. The molecule has 0 bridgehead atoms. The Morgan fingerprint density at radius 2 is 1.90 bits per heavy atom. The highest BCUT2D eigenvalue weighted by atomic mass is 79.9. The fourth-order valence-corrected chi connectivity index (χ4v) is 3.17. The fraction of sp³-hybridized carbons (Fsp3) is 0.312. The van der Waals surface area contributed by atoms with Gasteiger partial charge in [0.2, 0.25) is 0 Å². The van der Waals surface area contributed by atoms with Gasteiger partial charge in [-0.2, -0.15) is 0 Å². The molecule has 1 aromatic carbocycles. The van der Waals surface area contributed by atoms with E-state index in [1.165, 1.54) is 6.08 Å². The molecular weight excluding hydrogens is 400 g/mol. The number of ether oxygens (including phenoxy) is 1. The van der Waals surface area contributed by atoms with Gasteiger partial charge in [0.25, 0.3) is 0 Å². The summed E-state index contributed by atoms with van der Waals surface area (Å²) in [5, 5.41) is 8.63. The monoisotopic (exact) mass is 416 g/mol. The average Bonchev–Trinajstić information content (AvgIpc) is 2.42. The van der Waals surface area contributed by atoms with Crippen molar-refractivity contribution in [1.29, 1.82) is 0 Å². The van der Waals surface area contributed by atoms with Crippen molar-refractivity contribution in [3.05, 3.63) is 45.4 Å². The molecule has 0 aromatic heterocycles. The minimum Gasteiger partial charge on any atom is -0.491 e. The van der Waals surface area contributed by atoms with E-state index >= 15 is 0 Å². The molecule has 0 aliphatic carbocycles. The number of carbonyl (C=O) groups is 1. The van der Waals surface area contributed by atoms with Gasteiger partial charge >= 0.3 is 5.97 Å². The van der Waals surface area contributed by atoms with Crippen LogP contribution in [0.1, 0.15) is 31.2 Å². The number of carboxylic acids is 1. The molecule has 0 amide bonds. The molecule has 21 heavy (non-hydrogen) atoms. The molecule has 0 unspecified atom stereocenters. The summed E-state index contributed by atoms with van der Waals surface area (Å²) in [4.78, 5) is 10.5. The Kier molecular flexibility index (Phi) is 8.38. The Morgan fingerprint density at radius 3 is 2.48 bits per heavy atom. The highest BCUT2D eigenvalue weighted by molar-refractivity contribution is 9.11. The van der Waals surface area contributed by atoms with Crippen molar-refractivity contribution in [1.82, 2.24) is 0 Å². The van der Waals surface area contributed by atoms with Gasteiger partial charge in [-0.05, 0) is 81.3 Å². The highest BCUT2D eigenvalue weighted by Gasteiger charge is 2.08. The van der Waals surface area contributed by atoms with E-state index in [-0.39, 0.29) is 0 Å². The quantitative estimate of drug-likeness (QED) is 0.330. The van der Waals surface area contributed by atoms with Crippen molar-refractivity contribution in [2.45, 2.75) is 25.7 Å². The highest BCUT2D eigenvalue weighted by Crippen LogP contribution is 2.35. The zero-order chi connectivity index (χ0) is 15.7. The van der Waals surface area contributed by atoms with Crippen LogP contribution in [0, 0.1) is 0 Å². The molecule has 114 valence electrons. The summed E-state index contributed by atoms with van der Waals surface area (Å²) in [5.41, 5.74) is 0.787. The van der Waals surface area contributed by atoms with Crippen LogP contribution >= 0.6 is 31.9 Å². The Bertz CT molecular complexity index is 501. The normalized spacial score (nSPS) is 10.8. The second-order valence-electron chi connectivity index (χ2n) is 4.47. The molecule has 0 fully saturated rings. The first-order chi connectivity index (χ1) is 10.0. The van der Waals surface area contributed by atoms with Crippen LogP contribution in [0.4, 0.5) is 0 Å². The maximum Gasteiger partial charge on any atom is 0.328 e. The maximum atomic E-state index is 10.5. The van der Waals surface area contributed by atoms with Crippen molar-refractivity contribution in [3.8, 4) is 5.75 Å². The summed E-state index contributed by atoms with van der Waals surface area (Å²) in [6.45, 7) is 4.35. The Hall–Kier alpha value is -1.07. The Balaban J connectivity index is 2.59. The summed E-state index contributed by atoms with van der Waals surface area (Å²) in [6, 6.07) is 3.66. The molecular formula is C16H18Br2O3. The van der Waals surface area contributed by atoms with Crippen LogP contribution in [0.5, 0.6) is 5.75 Å². The average molecular weight is 418 g/mol. The van der Waals surface area contributed by atoms with Gasteiger partial charge in [-0.1, -0.05) is 6.08 Å². The van der Waals surface area contributed by atoms with E-state index in [9.17, 15) is 4.79 Å². The number of allylic oxidation sites excluding steroid dienone is 1. The topological polar surface area (TPSA) is 46.5 Å². The lowest BCUT2D eigenvalue weighted by Gasteiger charge is -2.11. The predicted molar refractivity (Wildman–Crippen MR) is 92.7 cm³/mol. The first kappa shape index (κ1) is 18.0. The van der Waals surface area contributed by atoms with Crippen molar-refractivity contribution in [3.63, 3.8) is 0 Å². The van der Waals surface area contributed by atoms with Crippen LogP contribution < -0.4 is 4.74 Å². The fourth-order valence-electron chi connectivity index (χ4n) is 1.72. The number of rotatable bonds is 9. The molecule has 0 aliphatic rings. The van der Waals surface area contributed by atoms with Crippen molar-refractivity contribution in [2.75, 3.05) is 6.61 Å². The summed E-state index contributed by atoms with van der Waals surface area (Å²) in [6.07, 6.45) is 8.85. The molecule has 0 spiro atoms. The number of benzene rings is 1. The van der Waals surface area contributed by atoms with Crippen molar-refractivity contribution < 1.29 is 14.6 Å². The van der Waals surface area contributed by atoms with Gasteiger partial charge in [0.05, 0.1) is 15.6 Å². The number of aliphatic carboxylic acids is 1. The summed E-state index contributed by atoms with van der Waals surface area (Å²) < 4.78 is 7.37. The minimum atomic E-state index is -0.970. The standard InChI is InChI=1S/C16H18Br2O3/c1-2-3-4-5-6-9-21-16-13(17)10-12(11-14(16)18)7-8-15(19)20/h2,7-8,10-11H,1,3-6,9H2,(H,19,20)/b8-7+. The van der Waals surface area contributed by atoms with E-state index < -0.39 is 5.97 Å². The van der Waals surface area contributed by atoms with Crippen LogP contribution in [0.3, 0.4) is 0 Å². The second-order valence-corrected chi connectivity index (χ2v) is 6.18. The molecule has 0 radical (unpaired) electrons. The molecule has 0 saturated carbocycles. The predicted octanol–water partition coefficient (Wildman–Crippen LogP) is 5.43. The molecule has 0 aliphatic heterocycles. The Morgan fingerprint density at radius 1 is 1.24 bits per heavy atom. The van der Waals surface area contributed by atoms with Gasteiger partial charge in [0.15, 0.2) is 0 Å². The lowest BCUT2D eigenvalue weighted by atomic mass is 10.2. The number of unbranched alkanes of at least 4 members (excludes halogenated alkanes) is 3. The third-order valence-electron chi connectivity index (χ3n) is 2.74. The van der Waals surface area contributed by atoms with Crippen molar-refractivity contribution in [2.24, 2.45) is 0 Å². The van der Waals surface area contributed by atoms with E-state index in [1.807, 2.05) is 18.2 Å². The SMILES string of the molecule is C=CCCCCCOc1c(Br)cc(/C=C/C(=O)O)cc1Br. The third kappa shape index (κ3) is 6.96. The van der Waals surface area contributed by atoms with Gasteiger partial charge in [-0.3, -0.25) is 0 Å². The first-order valence-electron chi connectivity index (χ1n) is 6.68. The molecule has 1 aromatic rings. The van der Waals surface area contributed by atoms with Crippen LogP contribution in [-0.2, 0) is 4.79 Å². The van der Waals surface area contributed by atoms with Crippen LogP contribution in [-0.4, -0.2) is 17.7 Å². The molecule has 5 heteroatoms. The number of halogens is 2. The second kappa shape index (κ2) is 9.79. The number of hydrogen-bond acceptors (Lipinski definition) is 2. The van der Waals surface area contributed by atoms with Gasteiger partial charge in [-0.15, -0.1) is 6.58 Å². The smallest absolute Gasteiger partial charge is 0.328 e. The molecule has 0 heterocycles. The van der Waals surface area contributed by atoms with Crippen LogP contribution in [0.15, 0.2) is 39.8 Å². The molecule has 1 N–H and O–H groups in total. The van der Waals surface area contributed by atoms with E-state index in [0.29, 0.717) is 6.61 Å². The molecule has 1 rings (SSSR count). The summed E-state index contributed by atoms with van der Waals surface area (Å²) in [5.74, 6) is -0.228. The summed E-state index contributed by atoms with van der Waals surface area (Å²) in [7, 11) is 0. The molecule has 3 nitrogen and oxygen atoms in total. The largest absolute Gasteiger partial charge is 0.491 e. The van der Waals surface area contributed by atoms with Crippen LogP contribution in [0.25, 0.3) is 6.08 Å². The van der Waals surface area contributed by atoms with E-state index in [2.05, 4.69) is 38.4 Å². The van der Waals surface area contributed by atoms with E-state index in [1.54, 1.807) is 0 Å². The lowest BCUT2D eigenvalue weighted by molar-refractivity contribution is -0.131. The van der Waals surface area contributed by atoms with Crippen LogP contribution in [0.2, 0.25) is 0 Å². The zero-order valence-electron chi connectivity index (χ0n) is 11.6. The van der Waals surface area contributed by atoms with E-state index in [4.69, 9.17) is 9.84 Å². The van der Waals surface area contributed by atoms with Gasteiger partial charge in [0, 0.05) is 6.08 Å². The van der Waals surface area contributed by atoms with Gasteiger partial charge in [0.1, 0.15) is 5.75 Å². The zero-order valence-corrected chi connectivity index (χ0v) is 14.8. The summed E-state index contributed by atoms with van der Waals surface area (Å²) >= 11 is 6.90. The van der Waals surface area contributed by atoms with Crippen molar-refractivity contribution >= 4 is 43.9 Å². The van der Waals surface area contributed by atoms with Gasteiger partial charge in [-0.25, -0.2) is 4.79 Å². The minimum absolute atomic E-state index is 0.651. The third-order valence-corrected chi connectivity index (χ3v) is 3.92. The molecule has 0 saturated heterocycles. The number of hydrogen-bond donors (Lipinski definition) is 1. The van der Waals surface area contributed by atoms with Gasteiger partial charge < -0.3 is 9.84 Å². The Labute approximate surface area is 142 Å². The maximum absolute atomic E-state index is 10.5. The number of carboxylic acid groups (broad SMARTS) is 1.